The predicted octanol–water partition coefficient (Wildman–Crippen LogP) is 3.92. The molecule has 0 aliphatic rings. The van der Waals surface area contributed by atoms with Gasteiger partial charge in [-0.2, -0.15) is 0 Å². The van der Waals surface area contributed by atoms with Crippen LogP contribution in [0.1, 0.15) is 30.4 Å². The summed E-state index contributed by atoms with van der Waals surface area (Å²) in [5.41, 5.74) is 2.49. The molecule has 2 nitrogen and oxygen atoms in total. The van der Waals surface area contributed by atoms with Crippen molar-refractivity contribution in [2.45, 2.75) is 44.3 Å². The Labute approximate surface area is 139 Å². The van der Waals surface area contributed by atoms with E-state index in [4.69, 9.17) is 0 Å². The average Bonchev–Trinajstić information content (AvgIpc) is 2.60. The van der Waals surface area contributed by atoms with Gasteiger partial charge in [0.1, 0.15) is 0 Å². The Morgan fingerprint density at radius 1 is 0.739 bits per heavy atom. The molecule has 0 aromatic heterocycles. The van der Waals surface area contributed by atoms with Gasteiger partial charge in [-0.15, -0.1) is 0 Å². The zero-order valence-electron chi connectivity index (χ0n) is 13.5. The molecule has 2 N–H and O–H groups in total. The first-order valence-electron chi connectivity index (χ1n) is 8.34. The van der Waals surface area contributed by atoms with Crippen LogP contribution < -0.4 is 0 Å². The van der Waals surface area contributed by atoms with Crippen molar-refractivity contribution in [3.63, 3.8) is 0 Å². The van der Waals surface area contributed by atoms with E-state index in [1.807, 2.05) is 42.5 Å². The molecule has 0 amide bonds. The average molecular weight is 310 g/mol. The van der Waals surface area contributed by atoms with Crippen LogP contribution in [0.4, 0.5) is 0 Å². The maximum absolute atomic E-state index is 10.00. The van der Waals surface area contributed by atoms with Gasteiger partial charge in [0.15, 0.2) is 0 Å². The number of aryl methyl sites for hydroxylation is 2. The third kappa shape index (κ3) is 7.27. The number of hydrogen-bond acceptors (Lipinski definition) is 2. The first kappa shape index (κ1) is 17.5. The highest BCUT2D eigenvalue weighted by molar-refractivity contribution is 5.15. The maximum atomic E-state index is 10.00. The largest absolute Gasteiger partial charge is 0.393 e. The van der Waals surface area contributed by atoms with Crippen LogP contribution in [-0.4, -0.2) is 22.4 Å². The van der Waals surface area contributed by atoms with Gasteiger partial charge in [0.2, 0.25) is 0 Å². The van der Waals surface area contributed by atoms with Crippen molar-refractivity contribution in [1.82, 2.24) is 0 Å². The molecule has 0 unspecified atom stereocenters. The van der Waals surface area contributed by atoms with E-state index in [2.05, 4.69) is 24.3 Å². The van der Waals surface area contributed by atoms with Crippen LogP contribution in [0.3, 0.4) is 0 Å². The third-order valence-corrected chi connectivity index (χ3v) is 3.95. The highest BCUT2D eigenvalue weighted by Gasteiger charge is 2.04. The number of hydrogen-bond donors (Lipinski definition) is 2. The van der Waals surface area contributed by atoms with Gasteiger partial charge in [0.25, 0.3) is 0 Å². The summed E-state index contributed by atoms with van der Waals surface area (Å²) in [4.78, 5) is 0. The van der Waals surface area contributed by atoms with Crippen molar-refractivity contribution in [1.29, 1.82) is 0 Å². The van der Waals surface area contributed by atoms with Crippen molar-refractivity contribution in [2.75, 3.05) is 0 Å². The molecule has 2 atom stereocenters. The van der Waals surface area contributed by atoms with E-state index in [0.717, 1.165) is 19.3 Å². The predicted molar refractivity (Wildman–Crippen MR) is 95.3 cm³/mol. The monoisotopic (exact) mass is 310 g/mol. The standard InChI is InChI=1S/C21H26O2/c22-20(16-14-18-8-3-1-4-9-18)12-7-13-21(23)17-15-19-10-5-2-6-11-19/h1-12,20-23H,13-17H2/b12-7+/t20-,21-/m0/s1. The van der Waals surface area contributed by atoms with Gasteiger partial charge >= 0.3 is 0 Å². The smallest absolute Gasteiger partial charge is 0.0724 e. The van der Waals surface area contributed by atoms with Crippen molar-refractivity contribution in [2.24, 2.45) is 0 Å². The number of benzene rings is 2. The molecule has 2 heteroatoms. The molecule has 0 spiro atoms. The van der Waals surface area contributed by atoms with E-state index in [1.54, 1.807) is 6.08 Å². The van der Waals surface area contributed by atoms with E-state index in [-0.39, 0.29) is 6.10 Å². The van der Waals surface area contributed by atoms with Crippen LogP contribution in [-0.2, 0) is 12.8 Å². The minimum Gasteiger partial charge on any atom is -0.393 e. The topological polar surface area (TPSA) is 40.5 Å². The summed E-state index contributed by atoms with van der Waals surface area (Å²) in [7, 11) is 0. The molecule has 0 aliphatic carbocycles. The molecule has 122 valence electrons. The molecule has 0 heterocycles. The highest BCUT2D eigenvalue weighted by Crippen LogP contribution is 2.09. The fraction of sp³-hybridized carbons (Fsp3) is 0.333. The Morgan fingerprint density at radius 3 is 1.83 bits per heavy atom. The SMILES string of the molecule is O[C@@H](C/C=C/[C@H](O)CCc1ccccc1)CCc1ccccc1. The molecule has 0 radical (unpaired) electrons. The first-order valence-corrected chi connectivity index (χ1v) is 8.34. The third-order valence-electron chi connectivity index (χ3n) is 3.95. The molecule has 2 aromatic carbocycles. The van der Waals surface area contributed by atoms with Crippen LogP contribution >= 0.6 is 0 Å². The quantitative estimate of drug-likeness (QED) is 0.689. The van der Waals surface area contributed by atoms with Crippen molar-refractivity contribution >= 4 is 0 Å². The summed E-state index contributed by atoms with van der Waals surface area (Å²) in [5, 5.41) is 20.0. The summed E-state index contributed by atoms with van der Waals surface area (Å²) in [6, 6.07) is 20.4. The molecule has 2 aromatic rings. The lowest BCUT2D eigenvalue weighted by Crippen LogP contribution is -2.08. The van der Waals surface area contributed by atoms with Crippen LogP contribution in [0.15, 0.2) is 72.8 Å². The van der Waals surface area contributed by atoms with E-state index >= 15 is 0 Å². The molecule has 0 aliphatic heterocycles. The molecule has 2 rings (SSSR count). The van der Waals surface area contributed by atoms with E-state index in [0.29, 0.717) is 12.8 Å². The molecule has 0 bridgehead atoms. The fourth-order valence-corrected chi connectivity index (χ4v) is 2.54. The summed E-state index contributed by atoms with van der Waals surface area (Å²) in [6.07, 6.45) is 6.68. The second-order valence-corrected chi connectivity index (χ2v) is 5.93. The Bertz CT molecular complexity index is 563. The second-order valence-electron chi connectivity index (χ2n) is 5.93. The zero-order chi connectivity index (χ0) is 16.3. The lowest BCUT2D eigenvalue weighted by molar-refractivity contribution is 0.167. The zero-order valence-corrected chi connectivity index (χ0v) is 13.5. The molecule has 0 saturated heterocycles. The first-order chi connectivity index (χ1) is 11.2. The number of aliphatic hydroxyl groups is 2. The summed E-state index contributed by atoms with van der Waals surface area (Å²) < 4.78 is 0. The van der Waals surface area contributed by atoms with E-state index in [9.17, 15) is 10.2 Å². The number of rotatable bonds is 9. The Hall–Kier alpha value is -1.90. The minimum atomic E-state index is -0.448. The van der Waals surface area contributed by atoms with Gasteiger partial charge in [-0.05, 0) is 43.2 Å². The molecular weight excluding hydrogens is 284 g/mol. The highest BCUT2D eigenvalue weighted by atomic mass is 16.3. The lowest BCUT2D eigenvalue weighted by atomic mass is 10.0. The van der Waals surface area contributed by atoms with E-state index < -0.39 is 6.10 Å². The summed E-state index contributed by atoms with van der Waals surface area (Å²) in [5.74, 6) is 0. The Kier molecular flexibility index (Phi) is 7.58. The fourth-order valence-electron chi connectivity index (χ4n) is 2.54. The molecule has 0 fully saturated rings. The lowest BCUT2D eigenvalue weighted by Gasteiger charge is -2.09. The maximum Gasteiger partial charge on any atom is 0.0724 e. The Balaban J connectivity index is 1.62. The Morgan fingerprint density at radius 2 is 1.26 bits per heavy atom. The second kappa shape index (κ2) is 9.98. The van der Waals surface area contributed by atoms with Gasteiger partial charge in [-0.25, -0.2) is 0 Å². The van der Waals surface area contributed by atoms with Gasteiger partial charge in [0.05, 0.1) is 12.2 Å². The van der Waals surface area contributed by atoms with Crippen molar-refractivity contribution < 1.29 is 10.2 Å². The summed E-state index contributed by atoms with van der Waals surface area (Å²) in [6.45, 7) is 0. The normalized spacial score (nSPS) is 14.0. The molecule has 23 heavy (non-hydrogen) atoms. The van der Waals surface area contributed by atoms with E-state index in [1.165, 1.54) is 11.1 Å². The van der Waals surface area contributed by atoms with Crippen LogP contribution in [0, 0.1) is 0 Å². The molecule has 0 saturated carbocycles. The van der Waals surface area contributed by atoms with Crippen LogP contribution in [0.25, 0.3) is 0 Å². The molecular formula is C21H26O2. The van der Waals surface area contributed by atoms with Gasteiger partial charge in [-0.3, -0.25) is 0 Å². The van der Waals surface area contributed by atoms with Gasteiger partial charge in [0, 0.05) is 0 Å². The number of aliphatic hydroxyl groups excluding tert-OH is 2. The van der Waals surface area contributed by atoms with Crippen molar-refractivity contribution in [3.05, 3.63) is 83.9 Å². The van der Waals surface area contributed by atoms with Crippen LogP contribution in [0.2, 0.25) is 0 Å². The van der Waals surface area contributed by atoms with Gasteiger partial charge in [-0.1, -0.05) is 72.8 Å². The minimum absolute atomic E-state index is 0.354. The summed E-state index contributed by atoms with van der Waals surface area (Å²) >= 11 is 0. The van der Waals surface area contributed by atoms with Crippen molar-refractivity contribution in [3.8, 4) is 0 Å². The van der Waals surface area contributed by atoms with Gasteiger partial charge < -0.3 is 10.2 Å². The van der Waals surface area contributed by atoms with Crippen LogP contribution in [0.5, 0.6) is 0 Å².